The van der Waals surface area contributed by atoms with Crippen LogP contribution in [0.1, 0.15) is 17.7 Å². The SMILES string of the molecule is Cn1nnc(CC(O)c2cc(Br)c(Br)o2)n1. The first-order valence-electron chi connectivity index (χ1n) is 4.42. The highest BCUT2D eigenvalue weighted by Gasteiger charge is 2.17. The van der Waals surface area contributed by atoms with E-state index in [1.807, 2.05) is 0 Å². The maximum Gasteiger partial charge on any atom is 0.183 e. The Morgan fingerprint density at radius 1 is 1.56 bits per heavy atom. The third-order valence-corrected chi connectivity index (χ3v) is 3.63. The van der Waals surface area contributed by atoms with Gasteiger partial charge in [-0.25, -0.2) is 0 Å². The van der Waals surface area contributed by atoms with Crippen LogP contribution < -0.4 is 0 Å². The maximum absolute atomic E-state index is 9.87. The summed E-state index contributed by atoms with van der Waals surface area (Å²) >= 11 is 6.48. The molecule has 2 rings (SSSR count). The third-order valence-electron chi connectivity index (χ3n) is 1.92. The van der Waals surface area contributed by atoms with E-state index in [0.29, 0.717) is 16.3 Å². The summed E-state index contributed by atoms with van der Waals surface area (Å²) in [6.07, 6.45) is -0.521. The monoisotopic (exact) mass is 350 g/mol. The number of aryl methyl sites for hydroxylation is 1. The third kappa shape index (κ3) is 2.50. The summed E-state index contributed by atoms with van der Waals surface area (Å²) in [6.45, 7) is 0. The lowest BCUT2D eigenvalue weighted by atomic mass is 10.2. The average Bonchev–Trinajstić information content (AvgIpc) is 2.75. The molecule has 0 aliphatic carbocycles. The van der Waals surface area contributed by atoms with Gasteiger partial charge in [-0.1, -0.05) is 0 Å². The van der Waals surface area contributed by atoms with Crippen molar-refractivity contribution >= 4 is 31.9 Å². The maximum atomic E-state index is 9.87. The van der Waals surface area contributed by atoms with Gasteiger partial charge in [-0.15, -0.1) is 10.2 Å². The number of tetrazole rings is 1. The van der Waals surface area contributed by atoms with Crippen molar-refractivity contribution in [2.45, 2.75) is 12.5 Å². The molecule has 0 saturated carbocycles. The van der Waals surface area contributed by atoms with Crippen molar-refractivity contribution in [2.75, 3.05) is 0 Å². The van der Waals surface area contributed by atoms with Crippen molar-refractivity contribution in [3.63, 3.8) is 0 Å². The Morgan fingerprint density at radius 2 is 2.31 bits per heavy atom. The Balaban J connectivity index is 2.11. The molecule has 1 N–H and O–H groups in total. The number of rotatable bonds is 3. The number of aliphatic hydroxyl groups excluding tert-OH is 1. The van der Waals surface area contributed by atoms with Gasteiger partial charge < -0.3 is 9.52 Å². The van der Waals surface area contributed by atoms with Crippen LogP contribution in [0.5, 0.6) is 0 Å². The van der Waals surface area contributed by atoms with E-state index in [9.17, 15) is 5.11 Å². The minimum atomic E-state index is -0.785. The molecule has 0 amide bonds. The molecule has 0 saturated heterocycles. The number of aliphatic hydroxyl groups is 1. The van der Waals surface area contributed by atoms with E-state index in [-0.39, 0.29) is 6.42 Å². The van der Waals surface area contributed by atoms with E-state index in [2.05, 4.69) is 47.3 Å². The lowest BCUT2D eigenvalue weighted by molar-refractivity contribution is 0.146. The number of hydrogen-bond acceptors (Lipinski definition) is 5. The summed E-state index contributed by atoms with van der Waals surface area (Å²) in [7, 11) is 1.67. The molecule has 2 heterocycles. The van der Waals surface area contributed by atoms with Crippen LogP contribution in [-0.2, 0) is 13.5 Å². The number of furan rings is 1. The van der Waals surface area contributed by atoms with Gasteiger partial charge in [0, 0.05) is 6.42 Å². The standard InChI is InChI=1S/C8H8Br2N4O2/c1-14-12-7(11-13-14)3-5(15)6-2-4(9)8(10)16-6/h2,5,15H,3H2,1H3. The molecule has 1 atom stereocenters. The molecule has 0 aliphatic heterocycles. The molecule has 6 nitrogen and oxygen atoms in total. The van der Waals surface area contributed by atoms with Gasteiger partial charge in [-0.3, -0.25) is 0 Å². The first kappa shape index (κ1) is 11.7. The zero-order valence-corrected chi connectivity index (χ0v) is 11.4. The highest BCUT2D eigenvalue weighted by molar-refractivity contribution is 9.13. The normalized spacial score (nSPS) is 13.0. The van der Waals surface area contributed by atoms with E-state index in [1.165, 1.54) is 4.80 Å². The molecule has 0 aliphatic rings. The number of nitrogens with zero attached hydrogens (tertiary/aromatic N) is 4. The molecule has 0 aromatic carbocycles. The van der Waals surface area contributed by atoms with Gasteiger partial charge in [0.05, 0.1) is 11.5 Å². The van der Waals surface area contributed by atoms with Crippen molar-refractivity contribution in [1.29, 1.82) is 0 Å². The Labute approximate surface area is 108 Å². The molecule has 16 heavy (non-hydrogen) atoms. The molecular weight excluding hydrogens is 344 g/mol. The van der Waals surface area contributed by atoms with Crippen LogP contribution in [0.25, 0.3) is 0 Å². The topological polar surface area (TPSA) is 77.0 Å². The molecule has 0 spiro atoms. The second kappa shape index (κ2) is 4.64. The molecule has 86 valence electrons. The fourth-order valence-electron chi connectivity index (χ4n) is 1.21. The Kier molecular flexibility index (Phi) is 3.41. The Hall–Kier alpha value is -0.730. The van der Waals surface area contributed by atoms with Crippen LogP contribution in [0.15, 0.2) is 19.6 Å². The summed E-state index contributed by atoms with van der Waals surface area (Å²) in [5.41, 5.74) is 0. The van der Waals surface area contributed by atoms with Crippen molar-refractivity contribution in [2.24, 2.45) is 7.05 Å². The van der Waals surface area contributed by atoms with Crippen LogP contribution in [0.2, 0.25) is 0 Å². The molecule has 8 heteroatoms. The highest BCUT2D eigenvalue weighted by atomic mass is 79.9. The first-order valence-corrected chi connectivity index (χ1v) is 6.00. The summed E-state index contributed by atoms with van der Waals surface area (Å²) in [4.78, 5) is 1.34. The molecule has 1 unspecified atom stereocenters. The predicted octanol–water partition coefficient (Wildman–Crippen LogP) is 1.60. The van der Waals surface area contributed by atoms with E-state index >= 15 is 0 Å². The Morgan fingerprint density at radius 3 is 2.81 bits per heavy atom. The minimum absolute atomic E-state index is 0.264. The van der Waals surface area contributed by atoms with E-state index in [4.69, 9.17) is 4.42 Å². The predicted molar refractivity (Wildman–Crippen MR) is 61.6 cm³/mol. The molecule has 2 aromatic heterocycles. The van der Waals surface area contributed by atoms with Crippen LogP contribution >= 0.6 is 31.9 Å². The second-order valence-corrected chi connectivity index (χ2v) is 4.76. The zero-order valence-electron chi connectivity index (χ0n) is 8.26. The smallest absolute Gasteiger partial charge is 0.183 e. The van der Waals surface area contributed by atoms with E-state index in [0.717, 1.165) is 4.47 Å². The molecule has 0 bridgehead atoms. The van der Waals surface area contributed by atoms with Crippen LogP contribution in [0.3, 0.4) is 0 Å². The average molecular weight is 352 g/mol. The van der Waals surface area contributed by atoms with Gasteiger partial charge in [0.2, 0.25) is 0 Å². The van der Waals surface area contributed by atoms with Crippen LogP contribution in [-0.4, -0.2) is 25.3 Å². The van der Waals surface area contributed by atoms with E-state index in [1.54, 1.807) is 13.1 Å². The molecule has 2 aromatic rings. The van der Waals surface area contributed by atoms with Gasteiger partial charge in [-0.05, 0) is 43.1 Å². The van der Waals surface area contributed by atoms with Gasteiger partial charge in [0.1, 0.15) is 11.9 Å². The van der Waals surface area contributed by atoms with Crippen LogP contribution in [0, 0.1) is 0 Å². The highest BCUT2D eigenvalue weighted by Crippen LogP contribution is 2.30. The van der Waals surface area contributed by atoms with Gasteiger partial charge in [0.15, 0.2) is 10.5 Å². The largest absolute Gasteiger partial charge is 0.450 e. The number of hydrogen-bond donors (Lipinski definition) is 1. The first-order chi connectivity index (χ1) is 7.56. The van der Waals surface area contributed by atoms with Crippen LogP contribution in [0.4, 0.5) is 0 Å². The minimum Gasteiger partial charge on any atom is -0.450 e. The Bertz CT molecular complexity index is 476. The summed E-state index contributed by atoms with van der Waals surface area (Å²) in [6, 6.07) is 1.70. The quantitative estimate of drug-likeness (QED) is 0.908. The van der Waals surface area contributed by atoms with Gasteiger partial charge in [0.25, 0.3) is 0 Å². The van der Waals surface area contributed by atoms with E-state index < -0.39 is 6.10 Å². The summed E-state index contributed by atoms with van der Waals surface area (Å²) < 4.78 is 6.60. The lowest BCUT2D eigenvalue weighted by Gasteiger charge is -2.02. The van der Waals surface area contributed by atoms with Crippen molar-refractivity contribution in [1.82, 2.24) is 20.2 Å². The molecule has 0 radical (unpaired) electrons. The fourth-order valence-corrected chi connectivity index (χ4v) is 1.81. The second-order valence-electron chi connectivity index (χ2n) is 3.19. The number of aromatic nitrogens is 4. The van der Waals surface area contributed by atoms with Gasteiger partial charge >= 0.3 is 0 Å². The lowest BCUT2D eigenvalue weighted by Crippen LogP contribution is -2.02. The summed E-state index contributed by atoms with van der Waals surface area (Å²) in [5, 5.41) is 21.3. The fraction of sp³-hybridized carbons (Fsp3) is 0.375. The van der Waals surface area contributed by atoms with Crippen molar-refractivity contribution in [3.05, 3.63) is 26.8 Å². The van der Waals surface area contributed by atoms with Crippen molar-refractivity contribution in [3.8, 4) is 0 Å². The number of halogens is 2. The summed E-state index contributed by atoms with van der Waals surface area (Å²) in [5.74, 6) is 0.921. The zero-order chi connectivity index (χ0) is 11.7. The van der Waals surface area contributed by atoms with Gasteiger partial charge in [-0.2, -0.15) is 4.80 Å². The molecular formula is C8H8Br2N4O2. The van der Waals surface area contributed by atoms with Crippen molar-refractivity contribution < 1.29 is 9.52 Å². The molecule has 0 fully saturated rings.